The van der Waals surface area contributed by atoms with Gasteiger partial charge in [0, 0.05) is 21.8 Å². The normalized spacial score (nSPS) is 12.1. The number of amides is 1. The predicted octanol–water partition coefficient (Wildman–Crippen LogP) is 6.63. The van der Waals surface area contributed by atoms with Crippen LogP contribution >= 0.6 is 11.3 Å². The highest BCUT2D eigenvalue weighted by atomic mass is 32.1. The summed E-state index contributed by atoms with van der Waals surface area (Å²) in [5.74, 6) is 0.993. The van der Waals surface area contributed by atoms with E-state index in [1.165, 1.54) is 23.2 Å². The largest absolute Gasteiger partial charge is 0.459 e. The Morgan fingerprint density at radius 3 is 2.24 bits per heavy atom. The van der Waals surface area contributed by atoms with Gasteiger partial charge in [-0.25, -0.2) is 9.97 Å². The molecule has 3 aromatic heterocycles. The van der Waals surface area contributed by atoms with E-state index in [1.807, 2.05) is 26.8 Å². The van der Waals surface area contributed by atoms with Gasteiger partial charge in [-0.1, -0.05) is 38.1 Å². The lowest BCUT2D eigenvalue weighted by Gasteiger charge is -2.21. The Morgan fingerprint density at radius 2 is 1.64 bits per heavy atom. The summed E-state index contributed by atoms with van der Waals surface area (Å²) in [6.07, 6.45) is 1.49. The monoisotopic (exact) mass is 460 g/mol. The third-order valence-electron chi connectivity index (χ3n) is 5.36. The Balaban J connectivity index is 1.75. The molecule has 33 heavy (non-hydrogen) atoms. The van der Waals surface area contributed by atoms with Gasteiger partial charge in [-0.15, -0.1) is 11.3 Å². The molecule has 0 bridgehead atoms. The fourth-order valence-electron chi connectivity index (χ4n) is 3.75. The van der Waals surface area contributed by atoms with Crippen molar-refractivity contribution in [3.8, 4) is 0 Å². The second-order valence-electron chi connectivity index (χ2n) is 8.45. The van der Waals surface area contributed by atoms with Gasteiger partial charge >= 0.3 is 0 Å². The molecule has 0 saturated carbocycles. The average molecular weight is 461 g/mol. The van der Waals surface area contributed by atoms with Gasteiger partial charge in [-0.3, -0.25) is 4.79 Å². The molecule has 0 saturated heterocycles. The molecule has 4 rings (SSSR count). The highest BCUT2D eigenvalue weighted by molar-refractivity contribution is 7.16. The number of aryl methyl sites for hydroxylation is 3. The Labute approximate surface area is 198 Å². The number of carbonyl (C=O) groups excluding carboxylic acids is 1. The number of hydrogen-bond acceptors (Lipinski definition) is 6. The maximum absolute atomic E-state index is 12.7. The minimum atomic E-state index is -0.278. The molecule has 0 aliphatic rings. The van der Waals surface area contributed by atoms with Crippen molar-refractivity contribution in [2.24, 2.45) is 0 Å². The highest BCUT2D eigenvalue weighted by Crippen LogP contribution is 2.37. The maximum atomic E-state index is 12.7. The molecule has 3 heterocycles. The fourth-order valence-corrected chi connectivity index (χ4v) is 4.70. The summed E-state index contributed by atoms with van der Waals surface area (Å²) in [4.78, 5) is 23.0. The molecule has 0 aliphatic heterocycles. The summed E-state index contributed by atoms with van der Waals surface area (Å²) in [5, 5.41) is 7.31. The van der Waals surface area contributed by atoms with Crippen LogP contribution in [0.1, 0.15) is 69.3 Å². The van der Waals surface area contributed by atoms with E-state index >= 15 is 0 Å². The lowest BCUT2D eigenvalue weighted by atomic mass is 9.96. The summed E-state index contributed by atoms with van der Waals surface area (Å²) in [6.45, 7) is 10.3. The van der Waals surface area contributed by atoms with Gasteiger partial charge in [0.25, 0.3) is 5.91 Å². The number of benzene rings is 1. The van der Waals surface area contributed by atoms with Crippen LogP contribution in [0.2, 0.25) is 0 Å². The van der Waals surface area contributed by atoms with Crippen LogP contribution < -0.4 is 10.6 Å². The van der Waals surface area contributed by atoms with Crippen LogP contribution in [-0.4, -0.2) is 15.9 Å². The topological polar surface area (TPSA) is 80.0 Å². The minimum absolute atomic E-state index is 0.246. The molecule has 170 valence electrons. The van der Waals surface area contributed by atoms with Crippen molar-refractivity contribution >= 4 is 28.2 Å². The quantitative estimate of drug-likeness (QED) is 0.323. The highest BCUT2D eigenvalue weighted by Gasteiger charge is 2.23. The molecular formula is C26H28N4O2S. The standard InChI is InChI=1S/C26H28N4O2S/c1-15(2)19-8-10-20(11-9-19)23(29-26-27-16(3)13-17(4)28-26)21-14-18(5)33-25(21)30-24(31)22-7-6-12-32-22/h6-15,23H,1-5H3,(H,30,31)(H,27,28,29)/t23-/m1/s1. The molecule has 6 nitrogen and oxygen atoms in total. The lowest BCUT2D eigenvalue weighted by Crippen LogP contribution is -2.18. The van der Waals surface area contributed by atoms with Crippen LogP contribution in [-0.2, 0) is 0 Å². The van der Waals surface area contributed by atoms with Gasteiger partial charge < -0.3 is 15.1 Å². The summed E-state index contributed by atoms with van der Waals surface area (Å²) < 4.78 is 5.27. The molecule has 0 aliphatic carbocycles. The van der Waals surface area contributed by atoms with E-state index in [4.69, 9.17) is 4.42 Å². The van der Waals surface area contributed by atoms with Gasteiger partial charge in [0.2, 0.25) is 5.95 Å². The molecule has 2 N–H and O–H groups in total. The number of hydrogen-bond donors (Lipinski definition) is 2. The maximum Gasteiger partial charge on any atom is 0.291 e. The van der Waals surface area contributed by atoms with E-state index in [0.29, 0.717) is 11.9 Å². The van der Waals surface area contributed by atoms with Crippen LogP contribution in [0, 0.1) is 20.8 Å². The first-order chi connectivity index (χ1) is 15.8. The number of rotatable bonds is 7. The van der Waals surface area contributed by atoms with Crippen LogP contribution in [0.4, 0.5) is 10.9 Å². The number of aromatic nitrogens is 2. The van der Waals surface area contributed by atoms with Crippen molar-refractivity contribution in [2.45, 2.75) is 46.6 Å². The zero-order valence-corrected chi connectivity index (χ0v) is 20.3. The van der Waals surface area contributed by atoms with Crippen LogP contribution in [0.15, 0.2) is 59.2 Å². The van der Waals surface area contributed by atoms with Gasteiger partial charge in [-0.2, -0.15) is 0 Å². The SMILES string of the molecule is Cc1cc(C)nc(N[C@H](c2ccc(C(C)C)cc2)c2cc(C)sc2NC(=O)c2ccco2)n1. The van der Waals surface area contributed by atoms with E-state index in [2.05, 4.69) is 64.8 Å². The first kappa shape index (κ1) is 22.7. The predicted molar refractivity (Wildman–Crippen MR) is 133 cm³/mol. The van der Waals surface area contributed by atoms with E-state index in [0.717, 1.165) is 32.4 Å². The molecule has 0 fully saturated rings. The number of carbonyl (C=O) groups is 1. The Morgan fingerprint density at radius 1 is 0.970 bits per heavy atom. The molecule has 1 amide bonds. The third-order valence-corrected chi connectivity index (χ3v) is 6.34. The molecule has 0 unspecified atom stereocenters. The second-order valence-corrected chi connectivity index (χ2v) is 9.70. The van der Waals surface area contributed by atoms with Crippen molar-refractivity contribution in [3.63, 3.8) is 0 Å². The van der Waals surface area contributed by atoms with Crippen molar-refractivity contribution in [1.29, 1.82) is 0 Å². The molecule has 0 spiro atoms. The van der Waals surface area contributed by atoms with Gasteiger partial charge in [-0.05, 0) is 62.1 Å². The van der Waals surface area contributed by atoms with Gasteiger partial charge in [0.05, 0.1) is 12.3 Å². The minimum Gasteiger partial charge on any atom is -0.459 e. The zero-order chi connectivity index (χ0) is 23.5. The molecule has 0 radical (unpaired) electrons. The van der Waals surface area contributed by atoms with Crippen molar-refractivity contribution in [2.75, 3.05) is 10.6 Å². The summed E-state index contributed by atoms with van der Waals surface area (Å²) in [6, 6.07) is 15.7. The van der Waals surface area contributed by atoms with E-state index in [-0.39, 0.29) is 17.7 Å². The van der Waals surface area contributed by atoms with Gasteiger partial charge in [0.15, 0.2) is 5.76 Å². The Kier molecular flexibility index (Phi) is 6.60. The Bertz CT molecular complexity index is 1220. The second kappa shape index (κ2) is 9.58. The number of thiophene rings is 1. The summed E-state index contributed by atoms with van der Waals surface area (Å²) >= 11 is 1.53. The summed E-state index contributed by atoms with van der Waals surface area (Å²) in [7, 11) is 0. The van der Waals surface area contributed by atoms with E-state index in [1.54, 1.807) is 12.1 Å². The van der Waals surface area contributed by atoms with Crippen LogP contribution in [0.25, 0.3) is 0 Å². The Hall–Kier alpha value is -3.45. The van der Waals surface area contributed by atoms with E-state index < -0.39 is 0 Å². The first-order valence-electron chi connectivity index (χ1n) is 10.9. The van der Waals surface area contributed by atoms with E-state index in [9.17, 15) is 4.79 Å². The molecule has 7 heteroatoms. The van der Waals surface area contributed by atoms with Crippen molar-refractivity contribution in [1.82, 2.24) is 9.97 Å². The zero-order valence-electron chi connectivity index (χ0n) is 19.5. The van der Waals surface area contributed by atoms with Crippen LogP contribution in [0.5, 0.6) is 0 Å². The van der Waals surface area contributed by atoms with Crippen molar-refractivity contribution in [3.05, 3.63) is 93.5 Å². The number of nitrogens with one attached hydrogen (secondary N) is 2. The fraction of sp³-hybridized carbons (Fsp3) is 0.269. The molecular weight excluding hydrogens is 432 g/mol. The third kappa shape index (κ3) is 5.31. The van der Waals surface area contributed by atoms with Crippen molar-refractivity contribution < 1.29 is 9.21 Å². The van der Waals surface area contributed by atoms with Crippen LogP contribution in [0.3, 0.4) is 0 Å². The number of furan rings is 1. The lowest BCUT2D eigenvalue weighted by molar-refractivity contribution is 0.0997. The molecule has 4 aromatic rings. The molecule has 1 atom stereocenters. The summed E-state index contributed by atoms with van der Waals surface area (Å²) in [5.41, 5.74) is 5.08. The number of nitrogens with zero attached hydrogens (tertiary/aromatic N) is 2. The smallest absolute Gasteiger partial charge is 0.291 e. The molecule has 1 aromatic carbocycles. The first-order valence-corrected chi connectivity index (χ1v) is 11.8. The number of anilines is 2. The van der Waals surface area contributed by atoms with Gasteiger partial charge in [0.1, 0.15) is 5.00 Å². The average Bonchev–Trinajstić information content (AvgIpc) is 3.41.